The lowest BCUT2D eigenvalue weighted by Crippen LogP contribution is -2.27. The summed E-state index contributed by atoms with van der Waals surface area (Å²) in [6.07, 6.45) is 4.01. The van der Waals surface area contributed by atoms with Crippen LogP contribution in [0.25, 0.3) is 0 Å². The van der Waals surface area contributed by atoms with Gasteiger partial charge in [-0.15, -0.1) is 0 Å². The molecule has 0 radical (unpaired) electrons. The predicted octanol–water partition coefficient (Wildman–Crippen LogP) is 3.87. The minimum atomic E-state index is 0.544. The third-order valence-electron chi connectivity index (χ3n) is 3.88. The first-order valence-corrected chi connectivity index (χ1v) is 8.29. The summed E-state index contributed by atoms with van der Waals surface area (Å²) < 4.78 is 7.40. The summed E-state index contributed by atoms with van der Waals surface area (Å²) >= 11 is 7.11. The molecule has 1 heterocycles. The van der Waals surface area contributed by atoms with Crippen LogP contribution in [0.5, 0.6) is 5.75 Å². The number of methoxy groups -OCH3 is 1. The Bertz CT molecular complexity index is 477. The van der Waals surface area contributed by atoms with Crippen molar-refractivity contribution >= 4 is 37.5 Å². The zero-order valence-electron chi connectivity index (χ0n) is 11.0. The molecule has 5 heteroatoms. The van der Waals surface area contributed by atoms with E-state index in [1.807, 2.05) is 12.1 Å². The third-order valence-corrected chi connectivity index (χ3v) is 5.16. The van der Waals surface area contributed by atoms with Gasteiger partial charge in [0.2, 0.25) is 0 Å². The van der Waals surface area contributed by atoms with Gasteiger partial charge in [-0.05, 0) is 57.2 Å². The molecule has 1 aliphatic heterocycles. The Morgan fingerprint density at radius 2 is 2.00 bits per heavy atom. The molecule has 2 aliphatic rings. The van der Waals surface area contributed by atoms with Gasteiger partial charge < -0.3 is 10.1 Å². The van der Waals surface area contributed by atoms with Crippen molar-refractivity contribution in [2.75, 3.05) is 25.5 Å². The van der Waals surface area contributed by atoms with Gasteiger partial charge in [0, 0.05) is 35.7 Å². The minimum absolute atomic E-state index is 0.544. The number of anilines is 1. The predicted molar refractivity (Wildman–Crippen MR) is 85.0 cm³/mol. The quantitative estimate of drug-likeness (QED) is 0.845. The molecular weight excluding hydrogens is 372 g/mol. The van der Waals surface area contributed by atoms with Gasteiger partial charge >= 0.3 is 0 Å². The summed E-state index contributed by atoms with van der Waals surface area (Å²) in [6, 6.07) is 5.50. The Morgan fingerprint density at radius 3 is 2.68 bits per heavy atom. The molecule has 1 N–H and O–H groups in total. The van der Waals surface area contributed by atoms with Gasteiger partial charge in [-0.1, -0.05) is 0 Å². The van der Waals surface area contributed by atoms with Crippen molar-refractivity contribution in [3.05, 3.63) is 21.1 Å². The highest BCUT2D eigenvalue weighted by molar-refractivity contribution is 9.11. The third kappa shape index (κ3) is 3.09. The van der Waals surface area contributed by atoms with Gasteiger partial charge in [0.05, 0.1) is 17.3 Å². The lowest BCUT2D eigenvalue weighted by atomic mass is 10.2. The van der Waals surface area contributed by atoms with E-state index in [2.05, 4.69) is 42.1 Å². The van der Waals surface area contributed by atoms with Crippen LogP contribution in [-0.2, 0) is 0 Å². The molecule has 104 valence electrons. The van der Waals surface area contributed by atoms with Crippen molar-refractivity contribution in [1.82, 2.24) is 4.90 Å². The Labute approximate surface area is 130 Å². The fraction of sp³-hybridized carbons (Fsp3) is 0.571. The van der Waals surface area contributed by atoms with Crippen molar-refractivity contribution in [2.45, 2.75) is 31.3 Å². The average molecular weight is 390 g/mol. The lowest BCUT2D eigenvalue weighted by molar-refractivity contribution is 0.326. The van der Waals surface area contributed by atoms with Crippen molar-refractivity contribution in [1.29, 1.82) is 0 Å². The molecule has 1 saturated carbocycles. The Hall–Kier alpha value is -0.260. The van der Waals surface area contributed by atoms with Gasteiger partial charge in [-0.25, -0.2) is 0 Å². The standard InChI is InChI=1S/C14H18Br2N2O/c1-19-14-7-13(11(15)6-12(14)16)17-9-4-5-18(8-9)10-2-3-10/h6-7,9-10,17H,2-5,8H2,1H3. The number of nitrogens with one attached hydrogen (secondary N) is 1. The van der Waals surface area contributed by atoms with Gasteiger partial charge in [-0.2, -0.15) is 0 Å². The second kappa shape index (κ2) is 5.62. The Morgan fingerprint density at radius 1 is 1.21 bits per heavy atom. The number of ether oxygens (including phenoxy) is 1. The van der Waals surface area contributed by atoms with Gasteiger partial charge in [0.15, 0.2) is 0 Å². The van der Waals surface area contributed by atoms with E-state index in [-0.39, 0.29) is 0 Å². The van der Waals surface area contributed by atoms with Gasteiger partial charge in [0.1, 0.15) is 5.75 Å². The summed E-state index contributed by atoms with van der Waals surface area (Å²) in [7, 11) is 1.70. The highest BCUT2D eigenvalue weighted by Gasteiger charge is 2.34. The maximum absolute atomic E-state index is 5.36. The van der Waals surface area contributed by atoms with Crippen LogP contribution in [0.3, 0.4) is 0 Å². The molecule has 1 aliphatic carbocycles. The minimum Gasteiger partial charge on any atom is -0.495 e. The van der Waals surface area contributed by atoms with Crippen LogP contribution in [0.2, 0.25) is 0 Å². The van der Waals surface area contributed by atoms with Crippen molar-refractivity contribution < 1.29 is 4.74 Å². The molecule has 2 fully saturated rings. The first kappa shape index (κ1) is 13.7. The average Bonchev–Trinajstić information content (AvgIpc) is 3.13. The molecule has 1 saturated heterocycles. The first-order chi connectivity index (χ1) is 9.17. The summed E-state index contributed by atoms with van der Waals surface area (Å²) in [5, 5.41) is 3.63. The van der Waals surface area contributed by atoms with E-state index < -0.39 is 0 Å². The molecule has 1 atom stereocenters. The van der Waals surface area contributed by atoms with Crippen LogP contribution in [0, 0.1) is 0 Å². The van der Waals surface area contributed by atoms with E-state index in [1.54, 1.807) is 7.11 Å². The van der Waals surface area contributed by atoms with Crippen LogP contribution < -0.4 is 10.1 Å². The molecular formula is C14H18Br2N2O. The maximum Gasteiger partial charge on any atom is 0.135 e. The molecule has 0 bridgehead atoms. The van der Waals surface area contributed by atoms with Crippen LogP contribution >= 0.6 is 31.9 Å². The van der Waals surface area contributed by atoms with Crippen molar-refractivity contribution in [3.8, 4) is 5.75 Å². The van der Waals surface area contributed by atoms with E-state index in [0.717, 1.165) is 33.0 Å². The molecule has 0 aromatic heterocycles. The molecule has 1 aromatic rings. The van der Waals surface area contributed by atoms with E-state index in [4.69, 9.17) is 4.74 Å². The molecule has 0 spiro atoms. The number of rotatable bonds is 4. The van der Waals surface area contributed by atoms with Gasteiger partial charge in [0.25, 0.3) is 0 Å². The summed E-state index contributed by atoms with van der Waals surface area (Å²) in [6.45, 7) is 2.39. The molecule has 1 aromatic carbocycles. The van der Waals surface area contributed by atoms with E-state index in [1.165, 1.54) is 25.8 Å². The number of hydrogen-bond donors (Lipinski definition) is 1. The normalized spacial score (nSPS) is 23.6. The fourth-order valence-electron chi connectivity index (χ4n) is 2.69. The SMILES string of the molecule is COc1cc(NC2CCN(C3CC3)C2)c(Br)cc1Br. The first-order valence-electron chi connectivity index (χ1n) is 6.71. The Balaban J connectivity index is 1.69. The maximum atomic E-state index is 5.36. The number of halogens is 2. The van der Waals surface area contributed by atoms with Crippen molar-refractivity contribution in [2.24, 2.45) is 0 Å². The summed E-state index contributed by atoms with van der Waals surface area (Å²) in [4.78, 5) is 2.61. The zero-order valence-corrected chi connectivity index (χ0v) is 14.1. The molecule has 3 rings (SSSR count). The van der Waals surface area contributed by atoms with Crippen molar-refractivity contribution in [3.63, 3.8) is 0 Å². The van der Waals surface area contributed by atoms with E-state index >= 15 is 0 Å². The smallest absolute Gasteiger partial charge is 0.135 e. The highest BCUT2D eigenvalue weighted by atomic mass is 79.9. The van der Waals surface area contributed by atoms with Crippen LogP contribution in [0.15, 0.2) is 21.1 Å². The molecule has 0 amide bonds. The largest absolute Gasteiger partial charge is 0.495 e. The Kier molecular flexibility index (Phi) is 4.06. The zero-order chi connectivity index (χ0) is 13.4. The lowest BCUT2D eigenvalue weighted by Gasteiger charge is -2.18. The number of benzene rings is 1. The molecule has 19 heavy (non-hydrogen) atoms. The summed E-state index contributed by atoms with van der Waals surface area (Å²) in [5.41, 5.74) is 1.11. The fourth-order valence-corrected chi connectivity index (χ4v) is 3.96. The van der Waals surface area contributed by atoms with Crippen LogP contribution in [0.4, 0.5) is 5.69 Å². The van der Waals surface area contributed by atoms with E-state index in [0.29, 0.717) is 6.04 Å². The molecule has 1 unspecified atom stereocenters. The number of nitrogens with zero attached hydrogens (tertiary/aromatic N) is 1. The monoisotopic (exact) mass is 388 g/mol. The van der Waals surface area contributed by atoms with Gasteiger partial charge in [-0.3, -0.25) is 4.90 Å². The summed E-state index contributed by atoms with van der Waals surface area (Å²) in [5.74, 6) is 0.864. The van der Waals surface area contributed by atoms with Crippen LogP contribution in [0.1, 0.15) is 19.3 Å². The number of hydrogen-bond acceptors (Lipinski definition) is 3. The number of likely N-dealkylation sites (tertiary alicyclic amines) is 1. The second-order valence-corrected chi connectivity index (χ2v) is 7.03. The van der Waals surface area contributed by atoms with Crippen LogP contribution in [-0.4, -0.2) is 37.2 Å². The second-order valence-electron chi connectivity index (χ2n) is 5.32. The van der Waals surface area contributed by atoms with E-state index in [9.17, 15) is 0 Å². The highest BCUT2D eigenvalue weighted by Crippen LogP contribution is 2.36. The topological polar surface area (TPSA) is 24.5 Å². The molecule has 3 nitrogen and oxygen atoms in total.